The van der Waals surface area contributed by atoms with Crippen molar-refractivity contribution in [2.24, 2.45) is 0 Å². The molecule has 0 radical (unpaired) electrons. The summed E-state index contributed by atoms with van der Waals surface area (Å²) in [5.74, 6) is 0.500. The lowest BCUT2D eigenvalue weighted by Gasteiger charge is -2.01. The maximum Gasteiger partial charge on any atom is 0.147 e. The van der Waals surface area contributed by atoms with Gasteiger partial charge in [-0.2, -0.15) is 0 Å². The number of fused-ring (bicyclic) bond motifs is 1. The van der Waals surface area contributed by atoms with Crippen LogP contribution in [0.3, 0.4) is 0 Å². The molecule has 0 saturated carbocycles. The van der Waals surface area contributed by atoms with E-state index in [-0.39, 0.29) is 0 Å². The van der Waals surface area contributed by atoms with Crippen molar-refractivity contribution in [1.82, 2.24) is 14.5 Å². The molecule has 0 fully saturated rings. The first-order valence-electron chi connectivity index (χ1n) is 3.87. The molecule has 5 nitrogen and oxygen atoms in total. The van der Waals surface area contributed by atoms with E-state index in [1.807, 2.05) is 16.8 Å². The number of nitrogens with two attached hydrogens (primary N) is 1. The molecule has 0 bridgehead atoms. The Hall–Kier alpha value is -1.62. The van der Waals surface area contributed by atoms with Crippen molar-refractivity contribution in [3.05, 3.63) is 18.6 Å². The summed E-state index contributed by atoms with van der Waals surface area (Å²) in [6, 6.07) is 1.88. The van der Waals surface area contributed by atoms with E-state index in [2.05, 4.69) is 9.97 Å². The van der Waals surface area contributed by atoms with Gasteiger partial charge in [-0.15, -0.1) is 0 Å². The fourth-order valence-electron chi connectivity index (χ4n) is 1.27. The summed E-state index contributed by atoms with van der Waals surface area (Å²) >= 11 is 0. The third-order valence-electron chi connectivity index (χ3n) is 1.86. The molecule has 5 heteroatoms. The summed E-state index contributed by atoms with van der Waals surface area (Å²) in [6.07, 6.45) is 3.32. The zero-order chi connectivity index (χ0) is 9.26. The predicted molar refractivity (Wildman–Crippen MR) is 48.9 cm³/mol. The minimum Gasteiger partial charge on any atom is -0.383 e. The van der Waals surface area contributed by atoms with Gasteiger partial charge in [0.05, 0.1) is 5.39 Å². The Balaban J connectivity index is 2.61. The average molecular weight is 178 g/mol. The van der Waals surface area contributed by atoms with E-state index in [4.69, 9.17) is 10.5 Å². The van der Waals surface area contributed by atoms with Crippen LogP contribution in [0.25, 0.3) is 11.0 Å². The first-order valence-corrected chi connectivity index (χ1v) is 3.87. The van der Waals surface area contributed by atoms with E-state index >= 15 is 0 Å². The molecule has 0 aliphatic heterocycles. The molecule has 2 aromatic heterocycles. The highest BCUT2D eigenvalue weighted by Gasteiger charge is 2.04. The Labute approximate surface area is 75.2 Å². The van der Waals surface area contributed by atoms with Gasteiger partial charge >= 0.3 is 0 Å². The number of nitrogens with zero attached hydrogens (tertiary/aromatic N) is 3. The van der Waals surface area contributed by atoms with Crippen molar-refractivity contribution in [1.29, 1.82) is 0 Å². The molecule has 0 amide bonds. The highest BCUT2D eigenvalue weighted by Crippen LogP contribution is 2.16. The fourth-order valence-corrected chi connectivity index (χ4v) is 1.27. The van der Waals surface area contributed by atoms with Crippen molar-refractivity contribution >= 4 is 16.9 Å². The van der Waals surface area contributed by atoms with Crippen molar-refractivity contribution < 1.29 is 4.74 Å². The van der Waals surface area contributed by atoms with Crippen molar-refractivity contribution in [2.75, 3.05) is 12.8 Å². The van der Waals surface area contributed by atoms with Crippen LogP contribution in [0.15, 0.2) is 18.6 Å². The molecule has 0 aromatic carbocycles. The molecule has 0 aliphatic rings. The van der Waals surface area contributed by atoms with E-state index < -0.39 is 0 Å². The van der Waals surface area contributed by atoms with Crippen molar-refractivity contribution in [3.8, 4) is 0 Å². The van der Waals surface area contributed by atoms with Crippen LogP contribution < -0.4 is 5.73 Å². The normalized spacial score (nSPS) is 10.8. The summed E-state index contributed by atoms with van der Waals surface area (Å²) in [6.45, 7) is 0.472. The van der Waals surface area contributed by atoms with Gasteiger partial charge in [0, 0.05) is 13.3 Å². The molecule has 2 N–H and O–H groups in total. The van der Waals surface area contributed by atoms with E-state index in [9.17, 15) is 0 Å². The first-order chi connectivity index (χ1) is 6.33. The second-order valence-electron chi connectivity index (χ2n) is 2.70. The van der Waals surface area contributed by atoms with Gasteiger partial charge in [0.1, 0.15) is 24.5 Å². The van der Waals surface area contributed by atoms with Gasteiger partial charge in [-0.25, -0.2) is 9.97 Å². The third kappa shape index (κ3) is 1.23. The molecule has 2 heterocycles. The molecule has 68 valence electrons. The van der Waals surface area contributed by atoms with Crippen LogP contribution >= 0.6 is 0 Å². The van der Waals surface area contributed by atoms with E-state index in [0.29, 0.717) is 12.5 Å². The smallest absolute Gasteiger partial charge is 0.147 e. The SMILES string of the molecule is COCn1ccc2c(N)ncnc21. The maximum absolute atomic E-state index is 5.66. The van der Waals surface area contributed by atoms with Crippen LogP contribution in [0.5, 0.6) is 0 Å². The van der Waals surface area contributed by atoms with Crippen LogP contribution in [-0.4, -0.2) is 21.6 Å². The van der Waals surface area contributed by atoms with Crippen molar-refractivity contribution in [2.45, 2.75) is 6.73 Å². The minimum atomic E-state index is 0.472. The highest BCUT2D eigenvalue weighted by atomic mass is 16.5. The topological polar surface area (TPSA) is 66.0 Å². The molecule has 0 spiro atoms. The number of anilines is 1. The zero-order valence-corrected chi connectivity index (χ0v) is 7.27. The third-order valence-corrected chi connectivity index (χ3v) is 1.86. The average Bonchev–Trinajstić information content (AvgIpc) is 2.51. The summed E-state index contributed by atoms with van der Waals surface area (Å²) in [5, 5.41) is 0.861. The molecule has 0 aliphatic carbocycles. The van der Waals surface area contributed by atoms with Crippen molar-refractivity contribution in [3.63, 3.8) is 0 Å². The van der Waals surface area contributed by atoms with Crippen LogP contribution in [-0.2, 0) is 11.5 Å². The monoisotopic (exact) mass is 178 g/mol. The lowest BCUT2D eigenvalue weighted by atomic mass is 10.4. The van der Waals surface area contributed by atoms with Crippen LogP contribution in [0, 0.1) is 0 Å². The molecular weight excluding hydrogens is 168 g/mol. The Bertz CT molecular complexity index is 423. The number of rotatable bonds is 2. The fraction of sp³-hybridized carbons (Fsp3) is 0.250. The van der Waals surface area contributed by atoms with E-state index in [0.717, 1.165) is 11.0 Å². The van der Waals surface area contributed by atoms with E-state index in [1.165, 1.54) is 6.33 Å². The van der Waals surface area contributed by atoms with Gasteiger partial charge in [-0.3, -0.25) is 0 Å². The van der Waals surface area contributed by atoms with Gasteiger partial charge in [-0.05, 0) is 6.07 Å². The Kier molecular flexibility index (Phi) is 1.86. The predicted octanol–water partition coefficient (Wildman–Crippen LogP) is 0.617. The minimum absolute atomic E-state index is 0.472. The highest BCUT2D eigenvalue weighted by molar-refractivity contribution is 5.85. The molecule has 2 aromatic rings. The second kappa shape index (κ2) is 3.02. The standard InChI is InChI=1S/C8H10N4O/c1-13-5-12-3-2-6-7(9)10-4-11-8(6)12/h2-4H,5H2,1H3,(H2,9,10,11). The van der Waals surface area contributed by atoms with Gasteiger partial charge in [0.25, 0.3) is 0 Å². The first kappa shape index (κ1) is 8.00. The Morgan fingerprint density at radius 1 is 1.54 bits per heavy atom. The second-order valence-corrected chi connectivity index (χ2v) is 2.70. The zero-order valence-electron chi connectivity index (χ0n) is 7.27. The number of hydrogen-bond donors (Lipinski definition) is 1. The number of nitrogen functional groups attached to an aromatic ring is 1. The number of ether oxygens (including phenoxy) is 1. The van der Waals surface area contributed by atoms with E-state index in [1.54, 1.807) is 7.11 Å². The van der Waals surface area contributed by atoms with Crippen LogP contribution in [0.4, 0.5) is 5.82 Å². The van der Waals surface area contributed by atoms with Gasteiger partial charge in [-0.1, -0.05) is 0 Å². The van der Waals surface area contributed by atoms with Gasteiger partial charge < -0.3 is 15.0 Å². The quantitative estimate of drug-likeness (QED) is 0.732. The summed E-state index contributed by atoms with van der Waals surface area (Å²) in [5.41, 5.74) is 6.46. The molecule has 0 saturated heterocycles. The Morgan fingerprint density at radius 3 is 3.15 bits per heavy atom. The van der Waals surface area contributed by atoms with Gasteiger partial charge in [0.2, 0.25) is 0 Å². The molecule has 0 atom stereocenters. The lowest BCUT2D eigenvalue weighted by molar-refractivity contribution is 0.134. The summed E-state index contributed by atoms with van der Waals surface area (Å²) < 4.78 is 6.86. The molecular formula is C8H10N4O. The number of aromatic nitrogens is 3. The number of hydrogen-bond acceptors (Lipinski definition) is 4. The number of methoxy groups -OCH3 is 1. The lowest BCUT2D eigenvalue weighted by Crippen LogP contribution is -2.00. The van der Waals surface area contributed by atoms with Crippen LogP contribution in [0.1, 0.15) is 0 Å². The largest absolute Gasteiger partial charge is 0.383 e. The molecule has 13 heavy (non-hydrogen) atoms. The summed E-state index contributed by atoms with van der Waals surface area (Å²) in [7, 11) is 1.64. The van der Waals surface area contributed by atoms with Gasteiger partial charge in [0.15, 0.2) is 0 Å². The molecule has 0 unspecified atom stereocenters. The maximum atomic E-state index is 5.66. The molecule has 2 rings (SSSR count). The summed E-state index contributed by atoms with van der Waals surface area (Å²) in [4.78, 5) is 8.01. The Morgan fingerprint density at radius 2 is 2.38 bits per heavy atom. The van der Waals surface area contributed by atoms with Crippen LogP contribution in [0.2, 0.25) is 0 Å².